The molecule has 1 aromatic carbocycles. The number of hydrogen-bond acceptors (Lipinski definition) is 6. The van der Waals surface area contributed by atoms with Crippen molar-refractivity contribution in [3.05, 3.63) is 44.3 Å². The van der Waals surface area contributed by atoms with Crippen LogP contribution in [0.25, 0.3) is 5.76 Å². The molecule has 0 atom stereocenters. The second kappa shape index (κ2) is 9.70. The number of nitrogens with zero attached hydrogens (tertiary/aromatic N) is 2. The predicted octanol–water partition coefficient (Wildman–Crippen LogP) is 4.02. The van der Waals surface area contributed by atoms with E-state index in [1.165, 1.54) is 0 Å². The highest BCUT2D eigenvalue weighted by Gasteiger charge is 2.35. The molecule has 0 saturated carbocycles. The molecule has 0 unspecified atom stereocenters. The van der Waals surface area contributed by atoms with Gasteiger partial charge in [-0.3, -0.25) is 15.1 Å². The molecule has 0 bridgehead atoms. The molecule has 0 radical (unpaired) electrons. The minimum atomic E-state index is -1.95. The van der Waals surface area contributed by atoms with E-state index < -0.39 is 56.5 Å². The summed E-state index contributed by atoms with van der Waals surface area (Å²) in [6, 6.07) is 0. The Labute approximate surface area is 153 Å². The molecule has 0 heterocycles. The SMILES string of the molecule is CCCN=CC(C(=O)OCCC)=C(O)c1c(F)c(C)c(F)c(F)c1[N+](=O)[O-]. The van der Waals surface area contributed by atoms with Crippen LogP contribution in [0.15, 0.2) is 10.6 Å². The average Bonchev–Trinajstić information content (AvgIpc) is 2.63. The number of esters is 1. The minimum Gasteiger partial charge on any atom is -0.506 e. The molecule has 0 amide bonds. The smallest absolute Gasteiger partial charge is 0.343 e. The van der Waals surface area contributed by atoms with Gasteiger partial charge in [0.15, 0.2) is 5.82 Å². The van der Waals surface area contributed by atoms with Crippen molar-refractivity contribution in [1.29, 1.82) is 0 Å². The van der Waals surface area contributed by atoms with Gasteiger partial charge in [0, 0.05) is 18.3 Å². The Kier molecular flexibility index (Phi) is 7.95. The van der Waals surface area contributed by atoms with Gasteiger partial charge in [-0.25, -0.2) is 13.6 Å². The summed E-state index contributed by atoms with van der Waals surface area (Å²) in [6.45, 7) is 4.51. The van der Waals surface area contributed by atoms with Crippen LogP contribution in [-0.4, -0.2) is 35.4 Å². The lowest BCUT2D eigenvalue weighted by atomic mass is 10.0. The number of halogens is 3. The summed E-state index contributed by atoms with van der Waals surface area (Å²) in [5.74, 6) is -7.67. The van der Waals surface area contributed by atoms with Gasteiger partial charge >= 0.3 is 11.7 Å². The van der Waals surface area contributed by atoms with Gasteiger partial charge in [0.1, 0.15) is 22.7 Å². The zero-order valence-corrected chi connectivity index (χ0v) is 15.0. The lowest BCUT2D eigenvalue weighted by molar-refractivity contribution is -0.388. The van der Waals surface area contributed by atoms with Gasteiger partial charge in [-0.15, -0.1) is 0 Å². The van der Waals surface area contributed by atoms with E-state index in [-0.39, 0.29) is 13.2 Å². The predicted molar refractivity (Wildman–Crippen MR) is 92.2 cm³/mol. The van der Waals surface area contributed by atoms with Gasteiger partial charge in [0.2, 0.25) is 5.82 Å². The van der Waals surface area contributed by atoms with Crippen LogP contribution in [0.1, 0.15) is 37.8 Å². The van der Waals surface area contributed by atoms with Crippen molar-refractivity contribution < 1.29 is 32.7 Å². The number of benzene rings is 1. The van der Waals surface area contributed by atoms with Crippen LogP contribution in [0.3, 0.4) is 0 Å². The van der Waals surface area contributed by atoms with E-state index in [0.717, 1.165) is 13.1 Å². The first-order valence-electron chi connectivity index (χ1n) is 8.10. The molecule has 1 N–H and O–H groups in total. The minimum absolute atomic E-state index is 0.0430. The monoisotopic (exact) mass is 388 g/mol. The topological polar surface area (TPSA) is 102 Å². The molecule has 0 saturated heterocycles. The Morgan fingerprint density at radius 1 is 1.22 bits per heavy atom. The van der Waals surface area contributed by atoms with Crippen molar-refractivity contribution in [1.82, 2.24) is 0 Å². The van der Waals surface area contributed by atoms with Crippen LogP contribution in [0, 0.1) is 34.5 Å². The highest BCUT2D eigenvalue weighted by atomic mass is 19.2. The Hall–Kier alpha value is -2.91. The number of ether oxygens (including phenoxy) is 1. The Morgan fingerprint density at radius 3 is 2.37 bits per heavy atom. The molecule has 0 aliphatic carbocycles. The third-order valence-corrected chi connectivity index (χ3v) is 3.42. The normalized spacial score (nSPS) is 12.2. The molecular formula is C17H19F3N2O5. The molecule has 7 nitrogen and oxygen atoms in total. The van der Waals surface area contributed by atoms with E-state index in [9.17, 15) is 33.2 Å². The molecule has 10 heteroatoms. The first-order chi connectivity index (χ1) is 12.7. The standard InChI is InChI=1S/C17H19F3N2O5/c1-4-6-21-8-10(17(24)27-7-5-2)16(23)11-12(18)9(3)13(19)14(20)15(11)22(25)26/h8,23H,4-7H2,1-3H3. The number of rotatable bonds is 8. The van der Waals surface area contributed by atoms with Gasteiger partial charge in [-0.05, 0) is 19.8 Å². The van der Waals surface area contributed by atoms with Gasteiger partial charge < -0.3 is 9.84 Å². The summed E-state index contributed by atoms with van der Waals surface area (Å²) < 4.78 is 47.0. The Morgan fingerprint density at radius 2 is 1.85 bits per heavy atom. The number of carbonyl (C=O) groups excluding carboxylic acids is 1. The van der Waals surface area contributed by atoms with E-state index in [1.54, 1.807) is 13.8 Å². The van der Waals surface area contributed by atoms with Crippen LogP contribution in [0.2, 0.25) is 0 Å². The first-order valence-corrected chi connectivity index (χ1v) is 8.10. The van der Waals surface area contributed by atoms with E-state index in [1.807, 2.05) is 0 Å². The summed E-state index contributed by atoms with van der Waals surface area (Å²) in [6.07, 6.45) is 1.87. The number of hydrogen-bond donors (Lipinski definition) is 1. The Bertz CT molecular complexity index is 806. The molecule has 27 heavy (non-hydrogen) atoms. The van der Waals surface area contributed by atoms with E-state index in [0.29, 0.717) is 12.8 Å². The van der Waals surface area contributed by atoms with Crippen LogP contribution >= 0.6 is 0 Å². The zero-order valence-electron chi connectivity index (χ0n) is 15.0. The molecule has 148 valence electrons. The first kappa shape index (κ1) is 22.1. The largest absolute Gasteiger partial charge is 0.506 e. The third kappa shape index (κ3) is 4.83. The lowest BCUT2D eigenvalue weighted by Crippen LogP contribution is -2.15. The van der Waals surface area contributed by atoms with Crippen molar-refractivity contribution in [3.8, 4) is 0 Å². The van der Waals surface area contributed by atoms with Crippen molar-refractivity contribution in [3.63, 3.8) is 0 Å². The average molecular weight is 388 g/mol. The molecule has 0 fully saturated rings. The number of aliphatic hydroxyl groups is 1. The third-order valence-electron chi connectivity index (χ3n) is 3.42. The van der Waals surface area contributed by atoms with Gasteiger partial charge in [-0.2, -0.15) is 4.39 Å². The van der Waals surface area contributed by atoms with Gasteiger partial charge in [0.25, 0.3) is 0 Å². The fraction of sp³-hybridized carbons (Fsp3) is 0.412. The fourth-order valence-electron chi connectivity index (χ4n) is 2.06. The fourth-order valence-corrected chi connectivity index (χ4v) is 2.06. The molecule has 0 spiro atoms. The maximum absolute atomic E-state index is 14.5. The van der Waals surface area contributed by atoms with Crippen LogP contribution in [0.5, 0.6) is 0 Å². The second-order valence-corrected chi connectivity index (χ2v) is 5.48. The van der Waals surface area contributed by atoms with Crippen LogP contribution < -0.4 is 0 Å². The maximum atomic E-state index is 14.5. The molecule has 1 aromatic rings. The number of nitro benzene ring substituents is 1. The van der Waals surface area contributed by atoms with Crippen LogP contribution in [-0.2, 0) is 9.53 Å². The van der Waals surface area contributed by atoms with E-state index in [2.05, 4.69) is 4.99 Å². The second-order valence-electron chi connectivity index (χ2n) is 5.48. The number of carbonyl (C=O) groups is 1. The lowest BCUT2D eigenvalue weighted by Gasteiger charge is -2.11. The van der Waals surface area contributed by atoms with E-state index in [4.69, 9.17) is 4.74 Å². The highest BCUT2D eigenvalue weighted by Crippen LogP contribution is 2.35. The molecule has 0 aliphatic rings. The summed E-state index contributed by atoms with van der Waals surface area (Å²) in [4.78, 5) is 25.7. The van der Waals surface area contributed by atoms with Crippen molar-refractivity contribution in [2.45, 2.75) is 33.6 Å². The summed E-state index contributed by atoms with van der Waals surface area (Å²) in [7, 11) is 0. The van der Waals surface area contributed by atoms with Crippen molar-refractivity contribution in [2.24, 2.45) is 4.99 Å². The van der Waals surface area contributed by atoms with E-state index >= 15 is 0 Å². The van der Waals surface area contributed by atoms with Crippen LogP contribution in [0.4, 0.5) is 18.9 Å². The van der Waals surface area contributed by atoms with Gasteiger partial charge in [-0.1, -0.05) is 13.8 Å². The maximum Gasteiger partial charge on any atom is 0.343 e. The number of aliphatic hydroxyl groups excluding tert-OH is 1. The summed E-state index contributed by atoms with van der Waals surface area (Å²) >= 11 is 0. The summed E-state index contributed by atoms with van der Waals surface area (Å²) in [5, 5.41) is 21.5. The molecule has 0 aliphatic heterocycles. The molecule has 1 rings (SSSR count). The van der Waals surface area contributed by atoms with Crippen molar-refractivity contribution in [2.75, 3.05) is 13.2 Å². The highest BCUT2D eigenvalue weighted by molar-refractivity contribution is 6.15. The van der Waals surface area contributed by atoms with Crippen molar-refractivity contribution >= 4 is 23.6 Å². The zero-order chi connectivity index (χ0) is 20.7. The number of nitro groups is 1. The Balaban J connectivity index is 3.78. The number of aliphatic imine (C=N–C) groups is 1. The molecule has 0 aromatic heterocycles. The summed E-state index contributed by atoms with van der Waals surface area (Å²) in [5.41, 5.74) is -4.46. The van der Waals surface area contributed by atoms with Gasteiger partial charge in [0.05, 0.1) is 11.5 Å². The molecular weight excluding hydrogens is 369 g/mol. The quantitative estimate of drug-likeness (QED) is 0.138.